The maximum Gasteiger partial charge on any atom is 0.220 e. The second kappa shape index (κ2) is 6.28. The summed E-state index contributed by atoms with van der Waals surface area (Å²) in [5, 5.41) is 2.97. The van der Waals surface area contributed by atoms with E-state index in [4.69, 9.17) is 5.73 Å². The van der Waals surface area contributed by atoms with Crippen molar-refractivity contribution in [2.45, 2.75) is 39.3 Å². The largest absolute Gasteiger partial charge is 0.350 e. The molecule has 1 unspecified atom stereocenters. The third-order valence-electron chi connectivity index (χ3n) is 2.54. The van der Waals surface area contributed by atoms with Gasteiger partial charge in [-0.05, 0) is 24.5 Å². The zero-order valence-corrected chi connectivity index (χ0v) is 9.99. The predicted molar refractivity (Wildman–Crippen MR) is 65.8 cm³/mol. The molecule has 0 saturated carbocycles. The molecule has 0 heterocycles. The highest BCUT2D eigenvalue weighted by atomic mass is 16.1. The SMILES string of the molecule is CCCC(=O)NC(C)c1cccc(CN)c1. The Kier molecular flexibility index (Phi) is 4.99. The molecular formula is C13H20N2O. The summed E-state index contributed by atoms with van der Waals surface area (Å²) < 4.78 is 0. The maximum absolute atomic E-state index is 11.4. The number of benzene rings is 1. The molecule has 1 aromatic carbocycles. The first-order chi connectivity index (χ1) is 7.67. The third kappa shape index (κ3) is 3.66. The highest BCUT2D eigenvalue weighted by molar-refractivity contribution is 5.76. The molecule has 3 heteroatoms. The Morgan fingerprint density at radius 2 is 2.25 bits per heavy atom. The van der Waals surface area contributed by atoms with Crippen LogP contribution in [0.5, 0.6) is 0 Å². The first kappa shape index (κ1) is 12.7. The van der Waals surface area contributed by atoms with Gasteiger partial charge < -0.3 is 11.1 Å². The summed E-state index contributed by atoms with van der Waals surface area (Å²) in [6.45, 7) is 4.52. The molecule has 1 atom stereocenters. The van der Waals surface area contributed by atoms with Gasteiger partial charge in [0.25, 0.3) is 0 Å². The highest BCUT2D eigenvalue weighted by Crippen LogP contribution is 2.14. The molecule has 1 rings (SSSR count). The Morgan fingerprint density at radius 3 is 2.88 bits per heavy atom. The molecule has 0 saturated heterocycles. The van der Waals surface area contributed by atoms with Crippen LogP contribution < -0.4 is 11.1 Å². The van der Waals surface area contributed by atoms with Crippen LogP contribution in [-0.2, 0) is 11.3 Å². The van der Waals surface area contributed by atoms with Crippen molar-refractivity contribution in [2.75, 3.05) is 0 Å². The minimum absolute atomic E-state index is 0.0468. The quantitative estimate of drug-likeness (QED) is 0.798. The molecule has 1 aromatic rings. The van der Waals surface area contributed by atoms with Crippen LogP contribution in [0.15, 0.2) is 24.3 Å². The van der Waals surface area contributed by atoms with Gasteiger partial charge >= 0.3 is 0 Å². The normalized spacial score (nSPS) is 12.2. The topological polar surface area (TPSA) is 55.1 Å². The predicted octanol–water partition coefficient (Wildman–Crippen LogP) is 2.12. The number of carbonyl (C=O) groups is 1. The van der Waals surface area contributed by atoms with E-state index in [0.717, 1.165) is 17.5 Å². The average Bonchev–Trinajstić information content (AvgIpc) is 2.29. The first-order valence-electron chi connectivity index (χ1n) is 5.75. The fourth-order valence-electron chi connectivity index (χ4n) is 1.61. The Balaban J connectivity index is 2.64. The van der Waals surface area contributed by atoms with Gasteiger partial charge in [-0.2, -0.15) is 0 Å². The number of carbonyl (C=O) groups excluding carboxylic acids is 1. The first-order valence-corrected chi connectivity index (χ1v) is 5.75. The fourth-order valence-corrected chi connectivity index (χ4v) is 1.61. The summed E-state index contributed by atoms with van der Waals surface area (Å²) in [5.41, 5.74) is 7.78. The molecule has 0 bridgehead atoms. The lowest BCUT2D eigenvalue weighted by Crippen LogP contribution is -2.26. The zero-order chi connectivity index (χ0) is 12.0. The van der Waals surface area contributed by atoms with Gasteiger partial charge in [-0.1, -0.05) is 31.2 Å². The zero-order valence-electron chi connectivity index (χ0n) is 9.99. The van der Waals surface area contributed by atoms with E-state index >= 15 is 0 Å². The molecule has 0 aromatic heterocycles. The monoisotopic (exact) mass is 220 g/mol. The van der Waals surface area contributed by atoms with Crippen molar-refractivity contribution in [1.29, 1.82) is 0 Å². The number of hydrogen-bond donors (Lipinski definition) is 2. The van der Waals surface area contributed by atoms with Crippen LogP contribution in [0.2, 0.25) is 0 Å². The van der Waals surface area contributed by atoms with Gasteiger partial charge in [0, 0.05) is 13.0 Å². The van der Waals surface area contributed by atoms with Gasteiger partial charge in [-0.15, -0.1) is 0 Å². The summed E-state index contributed by atoms with van der Waals surface area (Å²) in [6.07, 6.45) is 1.46. The van der Waals surface area contributed by atoms with Crippen LogP contribution in [0, 0.1) is 0 Å². The number of nitrogens with two attached hydrogens (primary N) is 1. The molecule has 3 nitrogen and oxygen atoms in total. The van der Waals surface area contributed by atoms with Crippen molar-refractivity contribution in [3.63, 3.8) is 0 Å². The molecule has 1 amide bonds. The standard InChI is InChI=1S/C13H20N2O/c1-3-5-13(16)15-10(2)12-7-4-6-11(8-12)9-14/h4,6-8,10H,3,5,9,14H2,1-2H3,(H,15,16). The van der Waals surface area contributed by atoms with Gasteiger partial charge in [0.1, 0.15) is 0 Å². The molecular weight excluding hydrogens is 200 g/mol. The minimum Gasteiger partial charge on any atom is -0.350 e. The number of nitrogens with one attached hydrogen (secondary N) is 1. The lowest BCUT2D eigenvalue weighted by atomic mass is 10.0. The van der Waals surface area contributed by atoms with E-state index in [1.54, 1.807) is 0 Å². The summed E-state index contributed by atoms with van der Waals surface area (Å²) >= 11 is 0. The van der Waals surface area contributed by atoms with Gasteiger partial charge in [0.15, 0.2) is 0 Å². The van der Waals surface area contributed by atoms with Crippen molar-refractivity contribution in [3.05, 3.63) is 35.4 Å². The van der Waals surface area contributed by atoms with E-state index in [1.807, 2.05) is 38.1 Å². The number of amides is 1. The molecule has 0 aliphatic rings. The molecule has 88 valence electrons. The Bertz CT molecular complexity index is 350. The van der Waals surface area contributed by atoms with Crippen molar-refractivity contribution in [3.8, 4) is 0 Å². The van der Waals surface area contributed by atoms with E-state index in [9.17, 15) is 4.79 Å². The third-order valence-corrected chi connectivity index (χ3v) is 2.54. The number of rotatable bonds is 5. The van der Waals surface area contributed by atoms with E-state index in [-0.39, 0.29) is 11.9 Å². The Morgan fingerprint density at radius 1 is 1.50 bits per heavy atom. The van der Waals surface area contributed by atoms with Gasteiger partial charge in [-0.25, -0.2) is 0 Å². The summed E-state index contributed by atoms with van der Waals surface area (Å²) in [4.78, 5) is 11.4. The minimum atomic E-state index is 0.0468. The molecule has 0 spiro atoms. The van der Waals surface area contributed by atoms with Crippen LogP contribution in [0.4, 0.5) is 0 Å². The lowest BCUT2D eigenvalue weighted by Gasteiger charge is -2.14. The summed E-state index contributed by atoms with van der Waals surface area (Å²) in [7, 11) is 0. The van der Waals surface area contributed by atoms with E-state index in [1.165, 1.54) is 0 Å². The Labute approximate surface area is 97.0 Å². The van der Waals surface area contributed by atoms with Crippen LogP contribution >= 0.6 is 0 Å². The fraction of sp³-hybridized carbons (Fsp3) is 0.462. The van der Waals surface area contributed by atoms with Crippen molar-refractivity contribution < 1.29 is 4.79 Å². The van der Waals surface area contributed by atoms with Crippen molar-refractivity contribution in [1.82, 2.24) is 5.32 Å². The van der Waals surface area contributed by atoms with Gasteiger partial charge in [0.05, 0.1) is 6.04 Å². The van der Waals surface area contributed by atoms with Crippen molar-refractivity contribution in [2.24, 2.45) is 5.73 Å². The van der Waals surface area contributed by atoms with Gasteiger partial charge in [0.2, 0.25) is 5.91 Å². The van der Waals surface area contributed by atoms with E-state index in [0.29, 0.717) is 13.0 Å². The lowest BCUT2D eigenvalue weighted by molar-refractivity contribution is -0.121. The highest BCUT2D eigenvalue weighted by Gasteiger charge is 2.08. The van der Waals surface area contributed by atoms with Crippen LogP contribution in [-0.4, -0.2) is 5.91 Å². The Hall–Kier alpha value is -1.35. The second-order valence-corrected chi connectivity index (χ2v) is 3.99. The smallest absolute Gasteiger partial charge is 0.220 e. The summed E-state index contributed by atoms with van der Waals surface area (Å²) in [6, 6.07) is 8.06. The molecule has 16 heavy (non-hydrogen) atoms. The molecule has 0 aliphatic heterocycles. The number of hydrogen-bond acceptors (Lipinski definition) is 2. The molecule has 3 N–H and O–H groups in total. The maximum atomic E-state index is 11.4. The molecule has 0 fully saturated rings. The average molecular weight is 220 g/mol. The van der Waals surface area contributed by atoms with Crippen LogP contribution in [0.1, 0.15) is 43.9 Å². The summed E-state index contributed by atoms with van der Waals surface area (Å²) in [5.74, 6) is 0.105. The van der Waals surface area contributed by atoms with E-state index in [2.05, 4.69) is 5.32 Å². The van der Waals surface area contributed by atoms with Crippen molar-refractivity contribution >= 4 is 5.91 Å². The van der Waals surface area contributed by atoms with E-state index < -0.39 is 0 Å². The van der Waals surface area contributed by atoms with Crippen LogP contribution in [0.3, 0.4) is 0 Å². The van der Waals surface area contributed by atoms with Crippen LogP contribution in [0.25, 0.3) is 0 Å². The second-order valence-electron chi connectivity index (χ2n) is 3.99. The molecule has 0 aliphatic carbocycles. The van der Waals surface area contributed by atoms with Gasteiger partial charge in [-0.3, -0.25) is 4.79 Å². The molecule has 0 radical (unpaired) electrons.